The van der Waals surface area contributed by atoms with Gasteiger partial charge in [0.05, 0.1) is 24.8 Å². The van der Waals surface area contributed by atoms with Crippen LogP contribution in [0.25, 0.3) is 0 Å². The van der Waals surface area contributed by atoms with Gasteiger partial charge >= 0.3 is 0 Å². The van der Waals surface area contributed by atoms with Gasteiger partial charge in [-0.25, -0.2) is 8.42 Å². The highest BCUT2D eigenvalue weighted by Gasteiger charge is 2.32. The van der Waals surface area contributed by atoms with Crippen molar-refractivity contribution in [1.82, 2.24) is 10.2 Å². The first-order valence-electron chi connectivity index (χ1n) is 12.9. The van der Waals surface area contributed by atoms with Gasteiger partial charge in [-0.1, -0.05) is 29.8 Å². The van der Waals surface area contributed by atoms with Crippen molar-refractivity contribution >= 4 is 27.5 Å². The second-order valence-corrected chi connectivity index (χ2v) is 11.6. The number of anilines is 1. The van der Waals surface area contributed by atoms with Crippen LogP contribution in [0.5, 0.6) is 11.5 Å². The number of benzene rings is 3. The Balaban J connectivity index is 2.04. The van der Waals surface area contributed by atoms with Crippen molar-refractivity contribution in [3.8, 4) is 11.5 Å². The number of hydrogen-bond acceptors (Lipinski definition) is 6. The van der Waals surface area contributed by atoms with Crippen molar-refractivity contribution in [3.63, 3.8) is 0 Å². The third kappa shape index (κ3) is 7.53. The molecular formula is C30H37N3O6S. The average molecular weight is 568 g/mol. The number of carbonyl (C=O) groups excluding carboxylic acids is 2. The first kappa shape index (κ1) is 30.5. The van der Waals surface area contributed by atoms with E-state index in [2.05, 4.69) is 5.32 Å². The quantitative estimate of drug-likeness (QED) is 0.353. The summed E-state index contributed by atoms with van der Waals surface area (Å²) < 4.78 is 39.4. The molecule has 0 radical (unpaired) electrons. The van der Waals surface area contributed by atoms with Crippen molar-refractivity contribution < 1.29 is 27.5 Å². The Labute approximate surface area is 236 Å². The summed E-state index contributed by atoms with van der Waals surface area (Å²) >= 11 is 0. The molecule has 0 bridgehead atoms. The molecule has 3 rings (SSSR count). The van der Waals surface area contributed by atoms with Crippen LogP contribution in [0.1, 0.15) is 31.9 Å². The predicted octanol–water partition coefficient (Wildman–Crippen LogP) is 4.15. The summed E-state index contributed by atoms with van der Waals surface area (Å²) in [5, 5.41) is 2.84. The zero-order valence-corrected chi connectivity index (χ0v) is 24.6. The summed E-state index contributed by atoms with van der Waals surface area (Å²) in [6.45, 7) is 6.70. The number of methoxy groups -OCH3 is 2. The number of hydrogen-bond donors (Lipinski definition) is 1. The Morgan fingerprint density at radius 3 is 2.08 bits per heavy atom. The second-order valence-electron chi connectivity index (χ2n) is 9.74. The lowest BCUT2D eigenvalue weighted by atomic mass is 10.1. The molecular weight excluding hydrogens is 530 g/mol. The number of sulfonamides is 1. The number of aryl methyl sites for hydroxylation is 1. The topological polar surface area (TPSA) is 105 Å². The maximum absolute atomic E-state index is 14.0. The normalized spacial score (nSPS) is 12.0. The van der Waals surface area contributed by atoms with Crippen LogP contribution >= 0.6 is 0 Å². The third-order valence-electron chi connectivity index (χ3n) is 6.33. The summed E-state index contributed by atoms with van der Waals surface area (Å²) in [5.74, 6) is 0.261. The van der Waals surface area contributed by atoms with E-state index in [1.54, 1.807) is 68.6 Å². The molecule has 0 saturated carbocycles. The van der Waals surface area contributed by atoms with Crippen LogP contribution in [0.15, 0.2) is 77.7 Å². The first-order chi connectivity index (χ1) is 19.0. The molecule has 0 saturated heterocycles. The molecule has 2 amide bonds. The number of nitrogens with one attached hydrogen (secondary N) is 1. The molecule has 0 aromatic heterocycles. The van der Waals surface area contributed by atoms with Crippen LogP contribution in [0, 0.1) is 6.92 Å². The van der Waals surface area contributed by atoms with Crippen LogP contribution in [0.2, 0.25) is 0 Å². The fraction of sp³-hybridized carbons (Fsp3) is 0.333. The maximum Gasteiger partial charge on any atom is 0.264 e. The average Bonchev–Trinajstić information content (AvgIpc) is 2.94. The third-order valence-corrected chi connectivity index (χ3v) is 8.12. The lowest BCUT2D eigenvalue weighted by Crippen LogP contribution is -2.52. The molecule has 0 spiro atoms. The monoisotopic (exact) mass is 567 g/mol. The standard InChI is InChI=1S/C30H37N3O6S/c1-21(2)31-30(35)23(4)32(19-24-8-7-9-27(18-24)39-6)29(34)20-33(25-12-14-26(38-5)15-13-25)40(36,37)28-16-10-22(3)11-17-28/h7-18,21,23H,19-20H2,1-6H3,(H,31,35)/t23-/m0/s1. The zero-order valence-electron chi connectivity index (χ0n) is 23.7. The van der Waals surface area contributed by atoms with E-state index < -0.39 is 28.5 Å². The zero-order chi connectivity index (χ0) is 29.4. The van der Waals surface area contributed by atoms with Crippen molar-refractivity contribution in [3.05, 3.63) is 83.9 Å². The van der Waals surface area contributed by atoms with Crippen molar-refractivity contribution in [2.75, 3.05) is 25.1 Å². The molecule has 0 aliphatic carbocycles. The lowest BCUT2D eigenvalue weighted by molar-refractivity contribution is -0.139. The van der Waals surface area contributed by atoms with Crippen LogP contribution in [0.4, 0.5) is 5.69 Å². The Morgan fingerprint density at radius 2 is 1.50 bits per heavy atom. The van der Waals surface area contributed by atoms with Gasteiger partial charge in [0.1, 0.15) is 24.1 Å². The van der Waals surface area contributed by atoms with Crippen LogP contribution in [-0.2, 0) is 26.2 Å². The van der Waals surface area contributed by atoms with E-state index in [1.165, 1.54) is 24.1 Å². The van der Waals surface area contributed by atoms with E-state index in [-0.39, 0.29) is 29.1 Å². The molecule has 3 aromatic rings. The molecule has 0 aliphatic rings. The SMILES string of the molecule is COc1ccc(N(CC(=O)N(Cc2cccc(OC)c2)[C@@H](C)C(=O)NC(C)C)S(=O)(=O)c2ccc(C)cc2)cc1. The molecule has 0 fully saturated rings. The summed E-state index contributed by atoms with van der Waals surface area (Å²) in [4.78, 5) is 28.4. The lowest BCUT2D eigenvalue weighted by Gasteiger charge is -2.32. The molecule has 214 valence electrons. The molecule has 1 N–H and O–H groups in total. The molecule has 40 heavy (non-hydrogen) atoms. The van der Waals surface area contributed by atoms with Gasteiger partial charge in [-0.3, -0.25) is 13.9 Å². The first-order valence-corrected chi connectivity index (χ1v) is 14.4. The van der Waals surface area contributed by atoms with Crippen molar-refractivity contribution in [2.24, 2.45) is 0 Å². The molecule has 0 aliphatic heterocycles. The Kier molecular flexibility index (Phi) is 10.2. The smallest absolute Gasteiger partial charge is 0.264 e. The number of ether oxygens (including phenoxy) is 2. The molecule has 10 heteroatoms. The fourth-order valence-corrected chi connectivity index (χ4v) is 5.48. The Bertz CT molecular complexity index is 1410. The molecule has 0 heterocycles. The summed E-state index contributed by atoms with van der Waals surface area (Å²) in [6.07, 6.45) is 0. The van der Waals surface area contributed by atoms with E-state index in [4.69, 9.17) is 9.47 Å². The van der Waals surface area contributed by atoms with Gasteiger partial charge in [-0.2, -0.15) is 0 Å². The van der Waals surface area contributed by atoms with E-state index in [0.717, 1.165) is 15.4 Å². The fourth-order valence-electron chi connectivity index (χ4n) is 4.07. The minimum absolute atomic E-state index is 0.0478. The van der Waals surface area contributed by atoms with Gasteiger partial charge in [-0.15, -0.1) is 0 Å². The minimum Gasteiger partial charge on any atom is -0.497 e. The van der Waals surface area contributed by atoms with Crippen LogP contribution in [-0.4, -0.2) is 58.0 Å². The number of amides is 2. The van der Waals surface area contributed by atoms with E-state index in [9.17, 15) is 18.0 Å². The number of carbonyl (C=O) groups is 2. The molecule has 3 aromatic carbocycles. The van der Waals surface area contributed by atoms with E-state index in [0.29, 0.717) is 11.5 Å². The predicted molar refractivity (Wildman–Crippen MR) is 155 cm³/mol. The molecule has 9 nitrogen and oxygen atoms in total. The van der Waals surface area contributed by atoms with Crippen molar-refractivity contribution in [2.45, 2.75) is 51.2 Å². The maximum atomic E-state index is 14.0. The van der Waals surface area contributed by atoms with Gasteiger partial charge in [0, 0.05) is 12.6 Å². The highest BCUT2D eigenvalue weighted by molar-refractivity contribution is 7.92. The van der Waals surface area contributed by atoms with Crippen LogP contribution < -0.4 is 19.1 Å². The summed E-state index contributed by atoms with van der Waals surface area (Å²) in [6, 6.07) is 19.0. The summed E-state index contributed by atoms with van der Waals surface area (Å²) in [5.41, 5.74) is 1.92. The van der Waals surface area contributed by atoms with Gasteiger partial charge in [0.25, 0.3) is 10.0 Å². The second kappa shape index (κ2) is 13.3. The van der Waals surface area contributed by atoms with Crippen LogP contribution in [0.3, 0.4) is 0 Å². The van der Waals surface area contributed by atoms with Gasteiger partial charge in [0.15, 0.2) is 0 Å². The number of nitrogens with zero attached hydrogens (tertiary/aromatic N) is 2. The minimum atomic E-state index is -4.14. The molecule has 0 unspecified atom stereocenters. The van der Waals surface area contributed by atoms with E-state index in [1.807, 2.05) is 26.8 Å². The van der Waals surface area contributed by atoms with Gasteiger partial charge in [0.2, 0.25) is 11.8 Å². The van der Waals surface area contributed by atoms with Crippen molar-refractivity contribution in [1.29, 1.82) is 0 Å². The summed E-state index contributed by atoms with van der Waals surface area (Å²) in [7, 11) is -1.08. The van der Waals surface area contributed by atoms with E-state index >= 15 is 0 Å². The molecule has 1 atom stereocenters. The highest BCUT2D eigenvalue weighted by atomic mass is 32.2. The largest absolute Gasteiger partial charge is 0.497 e. The van der Waals surface area contributed by atoms with Gasteiger partial charge < -0.3 is 19.7 Å². The Hall–Kier alpha value is -4.05. The Morgan fingerprint density at radius 1 is 0.875 bits per heavy atom. The number of rotatable bonds is 12. The van der Waals surface area contributed by atoms with Gasteiger partial charge in [-0.05, 0) is 81.8 Å². The highest BCUT2D eigenvalue weighted by Crippen LogP contribution is 2.27.